The molecule has 0 saturated heterocycles. The van der Waals surface area contributed by atoms with E-state index < -0.39 is 0 Å². The molecular weight excluding hydrogens is 360 g/mol. The minimum Gasteiger partial charge on any atom is -0.374 e. The predicted octanol–water partition coefficient (Wildman–Crippen LogP) is 5.48. The molecule has 0 fully saturated rings. The van der Waals surface area contributed by atoms with Gasteiger partial charge in [-0.2, -0.15) is 0 Å². The standard InChI is InChI=1S/C13H26N2O.C11H22N2/c1-3-4-5-6-7-8-9-13-14-10-11-15(13)12(2)16;1-3-4-5-6-7-8-11-12-9-10-13(11)2/h12,16H,3-11H2,1-2H3;3-10H2,1-2H3. The molecule has 2 heterocycles. The Balaban J connectivity index is 0.000000296. The normalized spacial score (nSPS) is 17.1. The van der Waals surface area contributed by atoms with Crippen LogP contribution < -0.4 is 0 Å². The van der Waals surface area contributed by atoms with Crippen LogP contribution in [-0.2, 0) is 0 Å². The first-order valence-electron chi connectivity index (χ1n) is 12.3. The number of hydrogen-bond acceptors (Lipinski definition) is 5. The molecule has 0 aromatic carbocycles. The molecule has 0 radical (unpaired) electrons. The van der Waals surface area contributed by atoms with E-state index in [2.05, 4.69) is 35.8 Å². The summed E-state index contributed by atoms with van der Waals surface area (Å²) in [6.07, 6.45) is 16.6. The fourth-order valence-electron chi connectivity index (χ4n) is 3.93. The molecule has 0 amide bonds. The summed E-state index contributed by atoms with van der Waals surface area (Å²) in [6.45, 7) is 10.2. The lowest BCUT2D eigenvalue weighted by atomic mass is 10.1. The molecule has 0 aromatic heterocycles. The molecule has 0 spiro atoms. The van der Waals surface area contributed by atoms with E-state index in [1.807, 2.05) is 11.8 Å². The minimum absolute atomic E-state index is 0.374. The molecule has 0 bridgehead atoms. The highest BCUT2D eigenvalue weighted by Gasteiger charge is 2.19. The van der Waals surface area contributed by atoms with E-state index in [1.54, 1.807) is 0 Å². The van der Waals surface area contributed by atoms with Crippen molar-refractivity contribution >= 4 is 11.7 Å². The van der Waals surface area contributed by atoms with Crippen LogP contribution in [0.4, 0.5) is 0 Å². The number of aliphatic imine (C=N–C) groups is 2. The van der Waals surface area contributed by atoms with E-state index in [0.717, 1.165) is 38.4 Å². The van der Waals surface area contributed by atoms with Gasteiger partial charge in [0, 0.05) is 33.0 Å². The Hall–Kier alpha value is -1.10. The van der Waals surface area contributed by atoms with Crippen LogP contribution in [0, 0.1) is 0 Å². The number of aliphatic hydroxyl groups excluding tert-OH is 1. The second-order valence-corrected chi connectivity index (χ2v) is 8.52. The lowest BCUT2D eigenvalue weighted by molar-refractivity contribution is 0.0766. The van der Waals surface area contributed by atoms with E-state index in [9.17, 15) is 5.11 Å². The van der Waals surface area contributed by atoms with Crippen molar-refractivity contribution < 1.29 is 5.11 Å². The summed E-state index contributed by atoms with van der Waals surface area (Å²) in [5.74, 6) is 2.45. The van der Waals surface area contributed by atoms with Gasteiger partial charge in [0.2, 0.25) is 0 Å². The third-order valence-electron chi connectivity index (χ3n) is 5.85. The van der Waals surface area contributed by atoms with E-state index in [4.69, 9.17) is 0 Å². The summed E-state index contributed by atoms with van der Waals surface area (Å²) in [5.41, 5.74) is 0. The number of amidine groups is 2. The van der Waals surface area contributed by atoms with Crippen LogP contribution in [0.15, 0.2) is 9.98 Å². The molecular formula is C24H48N4O. The maximum Gasteiger partial charge on any atom is 0.125 e. The number of aliphatic hydroxyl groups is 1. The predicted molar refractivity (Wildman–Crippen MR) is 127 cm³/mol. The quantitative estimate of drug-likeness (QED) is 0.387. The van der Waals surface area contributed by atoms with Crippen LogP contribution in [0.25, 0.3) is 0 Å². The second kappa shape index (κ2) is 16.7. The maximum absolute atomic E-state index is 9.54. The first-order valence-corrected chi connectivity index (χ1v) is 12.3. The fourth-order valence-corrected chi connectivity index (χ4v) is 3.93. The number of rotatable bonds is 14. The van der Waals surface area contributed by atoms with Gasteiger partial charge in [-0.1, -0.05) is 71.6 Å². The average molecular weight is 409 g/mol. The Kier molecular flexibility index (Phi) is 14.9. The van der Waals surface area contributed by atoms with Crippen molar-refractivity contribution in [3.63, 3.8) is 0 Å². The summed E-state index contributed by atoms with van der Waals surface area (Å²) >= 11 is 0. The largest absolute Gasteiger partial charge is 0.374 e. The van der Waals surface area contributed by atoms with Crippen LogP contribution in [0.3, 0.4) is 0 Å². The van der Waals surface area contributed by atoms with Crippen molar-refractivity contribution in [2.45, 2.75) is 110 Å². The van der Waals surface area contributed by atoms with Crippen LogP contribution >= 0.6 is 0 Å². The zero-order valence-corrected chi connectivity index (χ0v) is 19.8. The molecule has 1 atom stereocenters. The molecule has 170 valence electrons. The van der Waals surface area contributed by atoms with Crippen molar-refractivity contribution in [3.8, 4) is 0 Å². The third kappa shape index (κ3) is 11.6. The molecule has 5 nitrogen and oxygen atoms in total. The Morgan fingerprint density at radius 1 is 0.759 bits per heavy atom. The fraction of sp³-hybridized carbons (Fsp3) is 0.917. The number of hydrogen-bond donors (Lipinski definition) is 1. The van der Waals surface area contributed by atoms with Gasteiger partial charge in [-0.05, 0) is 19.8 Å². The number of likely N-dealkylation sites (N-methyl/N-ethyl adjacent to an activating group) is 1. The van der Waals surface area contributed by atoms with Crippen LogP contribution in [0.2, 0.25) is 0 Å². The minimum atomic E-state index is -0.374. The van der Waals surface area contributed by atoms with Gasteiger partial charge >= 0.3 is 0 Å². The smallest absolute Gasteiger partial charge is 0.125 e. The Morgan fingerprint density at radius 3 is 1.76 bits per heavy atom. The van der Waals surface area contributed by atoms with Gasteiger partial charge in [0.15, 0.2) is 0 Å². The first kappa shape index (κ1) is 25.9. The lowest BCUT2D eigenvalue weighted by Crippen LogP contribution is -2.35. The van der Waals surface area contributed by atoms with Gasteiger partial charge in [0.1, 0.15) is 12.1 Å². The lowest BCUT2D eigenvalue weighted by Gasteiger charge is -2.23. The highest BCUT2D eigenvalue weighted by atomic mass is 16.3. The number of nitrogens with zero attached hydrogens (tertiary/aromatic N) is 4. The van der Waals surface area contributed by atoms with Crippen molar-refractivity contribution in [2.75, 3.05) is 33.2 Å². The van der Waals surface area contributed by atoms with Gasteiger partial charge in [-0.15, -0.1) is 0 Å². The van der Waals surface area contributed by atoms with Crippen molar-refractivity contribution in [2.24, 2.45) is 9.98 Å². The van der Waals surface area contributed by atoms with Crippen molar-refractivity contribution in [3.05, 3.63) is 0 Å². The average Bonchev–Trinajstić information content (AvgIpc) is 3.34. The molecule has 29 heavy (non-hydrogen) atoms. The highest BCUT2D eigenvalue weighted by Crippen LogP contribution is 2.13. The van der Waals surface area contributed by atoms with Crippen molar-refractivity contribution in [1.29, 1.82) is 0 Å². The van der Waals surface area contributed by atoms with Gasteiger partial charge < -0.3 is 14.9 Å². The molecule has 2 aliphatic rings. The first-order chi connectivity index (χ1) is 14.1. The summed E-state index contributed by atoms with van der Waals surface area (Å²) in [4.78, 5) is 13.2. The van der Waals surface area contributed by atoms with E-state index in [1.165, 1.54) is 82.9 Å². The zero-order valence-electron chi connectivity index (χ0n) is 19.8. The zero-order chi connectivity index (χ0) is 21.3. The van der Waals surface area contributed by atoms with Gasteiger partial charge in [0.05, 0.1) is 18.9 Å². The van der Waals surface area contributed by atoms with E-state index in [0.29, 0.717) is 0 Å². The summed E-state index contributed by atoms with van der Waals surface area (Å²) in [6, 6.07) is 0. The Morgan fingerprint density at radius 2 is 1.24 bits per heavy atom. The van der Waals surface area contributed by atoms with E-state index >= 15 is 0 Å². The Labute approximate surface area is 180 Å². The van der Waals surface area contributed by atoms with Crippen LogP contribution in [-0.4, -0.2) is 66.0 Å². The Bertz CT molecular complexity index is 462. The van der Waals surface area contributed by atoms with Gasteiger partial charge in [0.25, 0.3) is 0 Å². The molecule has 5 heteroatoms. The molecule has 0 saturated carbocycles. The van der Waals surface area contributed by atoms with Gasteiger partial charge in [-0.3, -0.25) is 9.98 Å². The molecule has 1 unspecified atom stereocenters. The molecule has 2 rings (SSSR count). The SMILES string of the molecule is CCCCCCCC1=NCCN1C.CCCCCCCCC1=NCCN1C(C)O. The van der Waals surface area contributed by atoms with E-state index in [-0.39, 0.29) is 6.23 Å². The maximum atomic E-state index is 9.54. The number of unbranched alkanes of at least 4 members (excludes halogenated alkanes) is 9. The van der Waals surface area contributed by atoms with Crippen LogP contribution in [0.5, 0.6) is 0 Å². The summed E-state index contributed by atoms with van der Waals surface area (Å²) in [7, 11) is 2.15. The summed E-state index contributed by atoms with van der Waals surface area (Å²) in [5, 5.41) is 9.54. The molecule has 0 aromatic rings. The molecule has 0 aliphatic carbocycles. The van der Waals surface area contributed by atoms with Crippen molar-refractivity contribution in [1.82, 2.24) is 9.80 Å². The highest BCUT2D eigenvalue weighted by molar-refractivity contribution is 5.84. The second-order valence-electron chi connectivity index (χ2n) is 8.52. The molecule has 2 aliphatic heterocycles. The monoisotopic (exact) mass is 408 g/mol. The topological polar surface area (TPSA) is 51.4 Å². The van der Waals surface area contributed by atoms with Crippen LogP contribution in [0.1, 0.15) is 104 Å². The van der Waals surface area contributed by atoms with Gasteiger partial charge in [-0.25, -0.2) is 0 Å². The third-order valence-corrected chi connectivity index (χ3v) is 5.85. The summed E-state index contributed by atoms with van der Waals surface area (Å²) < 4.78 is 0. The molecule has 1 N–H and O–H groups in total.